The molecule has 0 spiro atoms. The highest BCUT2D eigenvalue weighted by atomic mass is 16.5. The van der Waals surface area contributed by atoms with E-state index in [1.54, 1.807) is 0 Å². The van der Waals surface area contributed by atoms with Crippen LogP contribution in [-0.2, 0) is 14.3 Å². The summed E-state index contributed by atoms with van der Waals surface area (Å²) >= 11 is 0. The molecule has 0 aromatic heterocycles. The molecule has 19 heavy (non-hydrogen) atoms. The van der Waals surface area contributed by atoms with Crippen molar-refractivity contribution in [1.82, 2.24) is 15.5 Å². The fourth-order valence-corrected chi connectivity index (χ4v) is 2.38. The zero-order valence-electron chi connectivity index (χ0n) is 12.1. The van der Waals surface area contributed by atoms with Gasteiger partial charge >= 0.3 is 5.97 Å². The number of likely N-dealkylation sites (tertiary alicyclic amines) is 1. The molecule has 1 saturated heterocycles. The van der Waals surface area contributed by atoms with Crippen molar-refractivity contribution in [2.45, 2.75) is 26.3 Å². The number of nitrogens with zero attached hydrogens (tertiary/aromatic N) is 1. The minimum absolute atomic E-state index is 0.227. The van der Waals surface area contributed by atoms with Crippen LogP contribution in [0.5, 0.6) is 0 Å². The molecule has 0 radical (unpaired) electrons. The third kappa shape index (κ3) is 5.57. The Bertz CT molecular complexity index is 310. The van der Waals surface area contributed by atoms with Gasteiger partial charge < -0.3 is 20.3 Å². The molecule has 2 unspecified atom stereocenters. The first-order valence-corrected chi connectivity index (χ1v) is 6.84. The van der Waals surface area contributed by atoms with Gasteiger partial charge in [0.1, 0.15) is 6.04 Å². The van der Waals surface area contributed by atoms with Gasteiger partial charge in [0.25, 0.3) is 0 Å². The van der Waals surface area contributed by atoms with Crippen molar-refractivity contribution in [3.8, 4) is 0 Å². The molecular formula is C13H25N3O3. The van der Waals surface area contributed by atoms with E-state index in [9.17, 15) is 9.59 Å². The lowest BCUT2D eigenvalue weighted by atomic mass is 10.1. The molecular weight excluding hydrogens is 246 g/mol. The Balaban J connectivity index is 2.28. The molecule has 0 aromatic carbocycles. The molecule has 1 aliphatic rings. The highest BCUT2D eigenvalue weighted by Crippen LogP contribution is 2.14. The maximum absolute atomic E-state index is 11.5. The fraction of sp³-hybridized carbons (Fsp3) is 0.846. The normalized spacial score (nSPS) is 21.1. The smallest absolute Gasteiger partial charge is 0.329 e. The van der Waals surface area contributed by atoms with Crippen molar-refractivity contribution in [3.63, 3.8) is 0 Å². The zero-order valence-corrected chi connectivity index (χ0v) is 12.1. The summed E-state index contributed by atoms with van der Waals surface area (Å²) in [7, 11) is 1.33. The molecule has 1 aliphatic heterocycles. The molecule has 2 atom stereocenters. The number of amides is 1. The van der Waals surface area contributed by atoms with Crippen molar-refractivity contribution < 1.29 is 14.3 Å². The molecule has 0 bridgehead atoms. The minimum atomic E-state index is -0.605. The molecule has 110 valence electrons. The number of ether oxygens (including phenoxy) is 1. The molecule has 0 aromatic rings. The van der Waals surface area contributed by atoms with E-state index in [0.29, 0.717) is 12.5 Å². The molecule has 6 heteroatoms. The summed E-state index contributed by atoms with van der Waals surface area (Å²) in [5.41, 5.74) is 0. The van der Waals surface area contributed by atoms with Crippen molar-refractivity contribution in [1.29, 1.82) is 0 Å². The predicted octanol–water partition coefficient (Wildman–Crippen LogP) is -0.404. The van der Waals surface area contributed by atoms with Crippen LogP contribution in [0.3, 0.4) is 0 Å². The molecule has 1 amide bonds. The van der Waals surface area contributed by atoms with Gasteiger partial charge in [0.15, 0.2) is 0 Å². The van der Waals surface area contributed by atoms with E-state index >= 15 is 0 Å². The second kappa shape index (κ2) is 8.12. The van der Waals surface area contributed by atoms with Crippen LogP contribution in [0, 0.1) is 5.92 Å². The van der Waals surface area contributed by atoms with E-state index < -0.39 is 12.0 Å². The number of nitrogens with one attached hydrogen (secondary N) is 2. The van der Waals surface area contributed by atoms with Gasteiger partial charge in [-0.2, -0.15) is 0 Å². The summed E-state index contributed by atoms with van der Waals surface area (Å²) in [6, 6.07) is -0.605. The molecule has 0 saturated carbocycles. The van der Waals surface area contributed by atoms with Gasteiger partial charge in [-0.1, -0.05) is 6.92 Å². The maximum Gasteiger partial charge on any atom is 0.329 e. The van der Waals surface area contributed by atoms with Gasteiger partial charge in [-0.25, -0.2) is 4.79 Å². The van der Waals surface area contributed by atoms with Gasteiger partial charge in [0, 0.05) is 20.0 Å². The third-order valence-corrected chi connectivity index (χ3v) is 3.46. The first-order chi connectivity index (χ1) is 9.06. The van der Waals surface area contributed by atoms with E-state index in [0.717, 1.165) is 26.2 Å². The Morgan fingerprint density at radius 3 is 2.74 bits per heavy atom. The first kappa shape index (κ1) is 15.9. The Labute approximate surface area is 114 Å². The summed E-state index contributed by atoms with van der Waals surface area (Å²) < 4.78 is 4.67. The quantitative estimate of drug-likeness (QED) is 0.616. The van der Waals surface area contributed by atoms with Crippen LogP contribution in [0.4, 0.5) is 0 Å². The Hall–Kier alpha value is -1.14. The average Bonchev–Trinajstić information content (AvgIpc) is 2.84. The summed E-state index contributed by atoms with van der Waals surface area (Å²) in [5, 5.41) is 5.84. The van der Waals surface area contributed by atoms with E-state index in [1.165, 1.54) is 20.5 Å². The van der Waals surface area contributed by atoms with Gasteiger partial charge in [-0.05, 0) is 32.0 Å². The van der Waals surface area contributed by atoms with Crippen LogP contribution in [-0.4, -0.2) is 62.7 Å². The largest absolute Gasteiger partial charge is 0.467 e. The number of rotatable bonds is 7. The van der Waals surface area contributed by atoms with Crippen LogP contribution in [0.1, 0.15) is 20.3 Å². The van der Waals surface area contributed by atoms with Gasteiger partial charge in [-0.3, -0.25) is 4.79 Å². The number of hydrogen-bond donors (Lipinski definition) is 2. The molecule has 1 rings (SSSR count). The van der Waals surface area contributed by atoms with Crippen LogP contribution < -0.4 is 10.6 Å². The molecule has 1 fully saturated rings. The molecule has 6 nitrogen and oxygen atoms in total. The van der Waals surface area contributed by atoms with Crippen molar-refractivity contribution in [2.75, 3.05) is 39.8 Å². The van der Waals surface area contributed by atoms with Crippen LogP contribution in [0.2, 0.25) is 0 Å². The lowest BCUT2D eigenvalue weighted by Gasteiger charge is -2.18. The molecule has 1 heterocycles. The second-order valence-corrected chi connectivity index (χ2v) is 4.98. The number of esters is 1. The summed E-state index contributed by atoms with van der Waals surface area (Å²) in [5.74, 6) is -0.0184. The van der Waals surface area contributed by atoms with Crippen molar-refractivity contribution in [3.05, 3.63) is 0 Å². The fourth-order valence-electron chi connectivity index (χ4n) is 2.38. The SMILES string of the molecule is CCN1CCC(CNCC(NC(C)=O)C(=O)OC)C1. The lowest BCUT2D eigenvalue weighted by Crippen LogP contribution is -2.47. The molecule has 2 N–H and O–H groups in total. The van der Waals surface area contributed by atoms with Gasteiger partial charge in [-0.15, -0.1) is 0 Å². The number of methoxy groups -OCH3 is 1. The number of carbonyl (C=O) groups is 2. The Morgan fingerprint density at radius 1 is 1.47 bits per heavy atom. The second-order valence-electron chi connectivity index (χ2n) is 4.98. The van der Waals surface area contributed by atoms with E-state index in [4.69, 9.17) is 0 Å². The Kier molecular flexibility index (Phi) is 6.80. The summed E-state index contributed by atoms with van der Waals surface area (Å²) in [6.45, 7) is 8.18. The van der Waals surface area contributed by atoms with Crippen LogP contribution in [0.25, 0.3) is 0 Å². The monoisotopic (exact) mass is 271 g/mol. The van der Waals surface area contributed by atoms with Gasteiger partial charge in [0.05, 0.1) is 7.11 Å². The zero-order chi connectivity index (χ0) is 14.3. The van der Waals surface area contributed by atoms with Crippen LogP contribution in [0.15, 0.2) is 0 Å². The van der Waals surface area contributed by atoms with E-state index in [-0.39, 0.29) is 5.91 Å². The maximum atomic E-state index is 11.5. The van der Waals surface area contributed by atoms with Gasteiger partial charge in [0.2, 0.25) is 5.91 Å². The highest BCUT2D eigenvalue weighted by Gasteiger charge is 2.23. The predicted molar refractivity (Wildman–Crippen MR) is 72.7 cm³/mol. The third-order valence-electron chi connectivity index (χ3n) is 3.46. The number of carbonyl (C=O) groups excluding carboxylic acids is 2. The lowest BCUT2D eigenvalue weighted by molar-refractivity contribution is -0.144. The first-order valence-electron chi connectivity index (χ1n) is 6.84. The van der Waals surface area contributed by atoms with E-state index in [1.807, 2.05) is 0 Å². The Morgan fingerprint density at radius 2 is 2.21 bits per heavy atom. The summed E-state index contributed by atoms with van der Waals surface area (Å²) in [6.07, 6.45) is 1.18. The van der Waals surface area contributed by atoms with E-state index in [2.05, 4.69) is 27.2 Å². The minimum Gasteiger partial charge on any atom is -0.467 e. The highest BCUT2D eigenvalue weighted by molar-refractivity contribution is 5.83. The van der Waals surface area contributed by atoms with Crippen molar-refractivity contribution >= 4 is 11.9 Å². The summed E-state index contributed by atoms with van der Waals surface area (Å²) in [4.78, 5) is 24.9. The van der Waals surface area contributed by atoms with Crippen LogP contribution >= 0.6 is 0 Å². The number of hydrogen-bond acceptors (Lipinski definition) is 5. The average molecular weight is 271 g/mol. The standard InChI is InChI=1S/C13H25N3O3/c1-4-16-6-5-11(9-16)7-14-8-12(13(18)19-3)15-10(2)17/h11-12,14H,4-9H2,1-3H3,(H,15,17). The molecule has 0 aliphatic carbocycles. The topological polar surface area (TPSA) is 70.7 Å². The van der Waals surface area contributed by atoms with Crippen molar-refractivity contribution in [2.24, 2.45) is 5.92 Å².